The summed E-state index contributed by atoms with van der Waals surface area (Å²) in [5.41, 5.74) is 4.05. The van der Waals surface area contributed by atoms with Crippen LogP contribution >= 0.6 is 31.9 Å². The van der Waals surface area contributed by atoms with E-state index >= 15 is 0 Å². The number of rotatable bonds is 2. The molecule has 3 nitrogen and oxygen atoms in total. The normalized spacial score (nSPS) is 10.9. The average Bonchev–Trinajstić information content (AvgIpc) is 2.81. The lowest BCUT2D eigenvalue weighted by Gasteiger charge is -2.04. The summed E-state index contributed by atoms with van der Waals surface area (Å²) in [7, 11) is 1.90. The van der Waals surface area contributed by atoms with Gasteiger partial charge in [0.2, 0.25) is 0 Å². The minimum Gasteiger partial charge on any atom is -0.387 e. The van der Waals surface area contributed by atoms with Crippen molar-refractivity contribution in [2.45, 2.75) is 0 Å². The van der Waals surface area contributed by atoms with E-state index < -0.39 is 0 Å². The SMILES string of the molecule is CNc1ccc(-c2cn3cc(Br)ccc3n2)cc1Br. The molecule has 2 aromatic heterocycles. The fourth-order valence-corrected chi connectivity index (χ4v) is 2.91. The van der Waals surface area contributed by atoms with Crippen molar-refractivity contribution in [2.75, 3.05) is 12.4 Å². The second-order valence-corrected chi connectivity index (χ2v) is 5.95. The molecule has 0 aliphatic carbocycles. The molecule has 5 heteroatoms. The van der Waals surface area contributed by atoms with Gasteiger partial charge < -0.3 is 9.72 Å². The van der Waals surface area contributed by atoms with E-state index in [9.17, 15) is 0 Å². The van der Waals surface area contributed by atoms with Crippen LogP contribution in [0.4, 0.5) is 5.69 Å². The molecule has 0 atom stereocenters. The Morgan fingerprint density at radius 1 is 1.11 bits per heavy atom. The van der Waals surface area contributed by atoms with Gasteiger partial charge in [-0.25, -0.2) is 4.98 Å². The van der Waals surface area contributed by atoms with E-state index in [4.69, 9.17) is 0 Å². The first-order valence-corrected chi connectivity index (χ1v) is 7.38. The van der Waals surface area contributed by atoms with Crippen molar-refractivity contribution in [3.05, 3.63) is 51.7 Å². The summed E-state index contributed by atoms with van der Waals surface area (Å²) < 4.78 is 4.08. The van der Waals surface area contributed by atoms with E-state index in [0.717, 1.165) is 31.5 Å². The number of fused-ring (bicyclic) bond motifs is 1. The highest BCUT2D eigenvalue weighted by Gasteiger charge is 2.06. The molecule has 0 radical (unpaired) electrons. The first kappa shape index (κ1) is 12.7. The molecule has 0 saturated carbocycles. The molecule has 0 fully saturated rings. The number of nitrogens with zero attached hydrogens (tertiary/aromatic N) is 2. The largest absolute Gasteiger partial charge is 0.387 e. The van der Waals surface area contributed by atoms with Gasteiger partial charge in [-0.2, -0.15) is 0 Å². The molecule has 0 aliphatic heterocycles. The van der Waals surface area contributed by atoms with E-state index in [1.165, 1.54) is 0 Å². The van der Waals surface area contributed by atoms with Crippen LogP contribution in [0.25, 0.3) is 16.9 Å². The highest BCUT2D eigenvalue weighted by Crippen LogP contribution is 2.28. The summed E-state index contributed by atoms with van der Waals surface area (Å²) in [4.78, 5) is 4.62. The molecule has 1 N–H and O–H groups in total. The molecule has 0 saturated heterocycles. The number of nitrogens with one attached hydrogen (secondary N) is 1. The number of imidazole rings is 1. The van der Waals surface area contributed by atoms with Crippen LogP contribution in [-0.2, 0) is 0 Å². The minimum absolute atomic E-state index is 0.937. The molecule has 2 heterocycles. The van der Waals surface area contributed by atoms with Gasteiger partial charge in [-0.05, 0) is 56.1 Å². The first-order chi connectivity index (χ1) is 9.17. The summed E-state index contributed by atoms with van der Waals surface area (Å²) >= 11 is 7.02. The van der Waals surface area contributed by atoms with Gasteiger partial charge in [-0.1, -0.05) is 6.07 Å². The smallest absolute Gasteiger partial charge is 0.137 e. The summed E-state index contributed by atoms with van der Waals surface area (Å²) in [6.45, 7) is 0. The molecule has 0 amide bonds. The van der Waals surface area contributed by atoms with Crippen LogP contribution in [0.5, 0.6) is 0 Å². The zero-order valence-corrected chi connectivity index (χ0v) is 13.4. The van der Waals surface area contributed by atoms with Crippen molar-refractivity contribution in [2.24, 2.45) is 0 Å². The van der Waals surface area contributed by atoms with Gasteiger partial charge in [0.15, 0.2) is 0 Å². The predicted molar refractivity (Wildman–Crippen MR) is 85.6 cm³/mol. The zero-order valence-electron chi connectivity index (χ0n) is 10.2. The number of hydrogen-bond acceptors (Lipinski definition) is 2. The summed E-state index contributed by atoms with van der Waals surface area (Å²) in [5.74, 6) is 0. The van der Waals surface area contributed by atoms with Crippen molar-refractivity contribution in [1.29, 1.82) is 0 Å². The quantitative estimate of drug-likeness (QED) is 0.705. The van der Waals surface area contributed by atoms with Gasteiger partial charge in [0, 0.05) is 39.6 Å². The molecule has 96 valence electrons. The second kappa shape index (κ2) is 4.98. The number of benzene rings is 1. The van der Waals surface area contributed by atoms with Crippen LogP contribution in [0.1, 0.15) is 0 Å². The fourth-order valence-electron chi connectivity index (χ4n) is 1.98. The molecule has 0 aliphatic rings. The van der Waals surface area contributed by atoms with E-state index in [-0.39, 0.29) is 0 Å². The Kier molecular flexibility index (Phi) is 3.33. The fraction of sp³-hybridized carbons (Fsp3) is 0.0714. The number of anilines is 1. The Labute approximate surface area is 127 Å². The van der Waals surface area contributed by atoms with Crippen molar-refractivity contribution < 1.29 is 0 Å². The summed E-state index contributed by atoms with van der Waals surface area (Å²) in [6, 6.07) is 10.2. The predicted octanol–water partition coefficient (Wildman–Crippen LogP) is 4.57. The van der Waals surface area contributed by atoms with Gasteiger partial charge in [-0.15, -0.1) is 0 Å². The zero-order chi connectivity index (χ0) is 13.4. The van der Waals surface area contributed by atoms with Gasteiger partial charge in [-0.3, -0.25) is 0 Å². The van der Waals surface area contributed by atoms with E-state index in [1.54, 1.807) is 0 Å². The molecular formula is C14H11Br2N3. The molecular weight excluding hydrogens is 370 g/mol. The Hall–Kier alpha value is -1.33. The standard InChI is InChI=1S/C14H11Br2N3/c1-17-12-4-2-9(6-11(12)16)13-8-19-7-10(15)3-5-14(19)18-13/h2-8,17H,1H3. The number of pyridine rings is 1. The lowest BCUT2D eigenvalue weighted by Crippen LogP contribution is -1.89. The molecule has 0 spiro atoms. The Morgan fingerprint density at radius 3 is 2.68 bits per heavy atom. The molecule has 19 heavy (non-hydrogen) atoms. The van der Waals surface area contributed by atoms with Crippen molar-refractivity contribution in [1.82, 2.24) is 9.38 Å². The highest BCUT2D eigenvalue weighted by atomic mass is 79.9. The third-order valence-electron chi connectivity index (χ3n) is 2.95. The van der Waals surface area contributed by atoms with Gasteiger partial charge >= 0.3 is 0 Å². The Balaban J connectivity index is 2.11. The highest BCUT2D eigenvalue weighted by molar-refractivity contribution is 9.10. The summed E-state index contributed by atoms with van der Waals surface area (Å²) in [5, 5.41) is 3.13. The third kappa shape index (κ3) is 2.40. The summed E-state index contributed by atoms with van der Waals surface area (Å²) in [6.07, 6.45) is 4.03. The molecule has 1 aromatic carbocycles. The van der Waals surface area contributed by atoms with Crippen LogP contribution in [0.15, 0.2) is 51.7 Å². The molecule has 0 bridgehead atoms. The van der Waals surface area contributed by atoms with Crippen LogP contribution in [0, 0.1) is 0 Å². The number of aromatic nitrogens is 2. The molecule has 3 aromatic rings. The molecule has 0 unspecified atom stereocenters. The monoisotopic (exact) mass is 379 g/mol. The van der Waals surface area contributed by atoms with Crippen molar-refractivity contribution >= 4 is 43.2 Å². The second-order valence-electron chi connectivity index (χ2n) is 4.18. The first-order valence-electron chi connectivity index (χ1n) is 5.79. The van der Waals surface area contributed by atoms with Gasteiger partial charge in [0.1, 0.15) is 5.65 Å². The Bertz CT molecular complexity index is 750. The van der Waals surface area contributed by atoms with Gasteiger partial charge in [0.25, 0.3) is 0 Å². The maximum Gasteiger partial charge on any atom is 0.137 e. The average molecular weight is 381 g/mol. The third-order valence-corrected chi connectivity index (χ3v) is 4.07. The number of hydrogen-bond donors (Lipinski definition) is 1. The number of halogens is 2. The topological polar surface area (TPSA) is 29.3 Å². The van der Waals surface area contributed by atoms with Crippen molar-refractivity contribution in [3.8, 4) is 11.3 Å². The van der Waals surface area contributed by atoms with Crippen LogP contribution in [0.3, 0.4) is 0 Å². The van der Waals surface area contributed by atoms with Crippen LogP contribution in [0.2, 0.25) is 0 Å². The lowest BCUT2D eigenvalue weighted by atomic mass is 10.1. The van der Waals surface area contributed by atoms with Crippen LogP contribution in [-0.4, -0.2) is 16.4 Å². The van der Waals surface area contributed by atoms with E-state index in [2.05, 4.69) is 54.3 Å². The van der Waals surface area contributed by atoms with Crippen LogP contribution < -0.4 is 5.32 Å². The minimum atomic E-state index is 0.937. The van der Waals surface area contributed by atoms with Gasteiger partial charge in [0.05, 0.1) is 5.69 Å². The lowest BCUT2D eigenvalue weighted by molar-refractivity contribution is 1.17. The Morgan fingerprint density at radius 2 is 1.95 bits per heavy atom. The van der Waals surface area contributed by atoms with E-state index in [1.807, 2.05) is 42.0 Å². The molecule has 3 rings (SSSR count). The maximum absolute atomic E-state index is 4.62. The maximum atomic E-state index is 4.62. The van der Waals surface area contributed by atoms with E-state index in [0.29, 0.717) is 0 Å². The van der Waals surface area contributed by atoms with Crippen molar-refractivity contribution in [3.63, 3.8) is 0 Å².